The van der Waals surface area contributed by atoms with Gasteiger partial charge in [0.15, 0.2) is 0 Å². The molecule has 0 aliphatic carbocycles. The van der Waals surface area contributed by atoms with Gasteiger partial charge in [0.25, 0.3) is 0 Å². The van der Waals surface area contributed by atoms with Crippen LogP contribution in [0.5, 0.6) is 0 Å². The Labute approximate surface area is 209 Å². The van der Waals surface area contributed by atoms with Gasteiger partial charge in [0.2, 0.25) is 5.91 Å². The van der Waals surface area contributed by atoms with Crippen molar-refractivity contribution < 1.29 is 32.7 Å². The molecule has 2 heterocycles. The maximum Gasteiger partial charge on any atom is 0.340 e. The Hall–Kier alpha value is -4.67. The predicted octanol–water partition coefficient (Wildman–Crippen LogP) is 1.88. The number of urea groups is 1. The Balaban J connectivity index is 1.60. The monoisotopic (exact) mass is 508 g/mol. The number of amides is 3. The molecule has 2 aromatic heterocycles. The van der Waals surface area contributed by atoms with Crippen LogP contribution in [0.25, 0.3) is 33.1 Å². The maximum atomic E-state index is 13.4. The second-order valence-electron chi connectivity index (χ2n) is 8.54. The molecule has 0 radical (unpaired) electrons. The molecule has 0 saturated carbocycles. The second kappa shape index (κ2) is 10.5. The van der Waals surface area contributed by atoms with Gasteiger partial charge >= 0.3 is 11.7 Å². The van der Waals surface area contributed by atoms with Crippen LogP contribution < -0.4 is 27.1 Å². The Morgan fingerprint density at radius 2 is 1.84 bits per heavy atom. The van der Waals surface area contributed by atoms with E-state index >= 15 is 0 Å². The van der Waals surface area contributed by atoms with E-state index in [2.05, 4.69) is 10.6 Å². The Morgan fingerprint density at radius 1 is 1.11 bits per heavy atom. The predicted molar refractivity (Wildman–Crippen MR) is 130 cm³/mol. The molecular weight excluding hydrogens is 485 g/mol. The fraction of sp³-hybridized carbons (Fsp3) is 0.231. The van der Waals surface area contributed by atoms with Crippen molar-refractivity contribution in [3.63, 3.8) is 0 Å². The van der Waals surface area contributed by atoms with Gasteiger partial charge in [0.05, 0.1) is 30.3 Å². The first kappa shape index (κ1) is 25.4. The molecule has 0 fully saturated rings. The van der Waals surface area contributed by atoms with E-state index in [1.54, 1.807) is 31.2 Å². The van der Waals surface area contributed by atoms with E-state index in [4.69, 9.17) is 14.6 Å². The van der Waals surface area contributed by atoms with Gasteiger partial charge in [-0.15, -0.1) is 0 Å². The van der Waals surface area contributed by atoms with Crippen LogP contribution in [0.15, 0.2) is 56.3 Å². The lowest BCUT2D eigenvalue weighted by Crippen LogP contribution is -2.48. The number of hydrogen-bond acceptors (Lipinski definition) is 7. The normalized spacial score (nSPS) is 11.9. The van der Waals surface area contributed by atoms with Gasteiger partial charge in [-0.25, -0.2) is 14.0 Å². The molecule has 37 heavy (non-hydrogen) atoms. The molecule has 10 nitrogen and oxygen atoms in total. The number of carboxylic acids is 1. The molecule has 0 unspecified atom stereocenters. The Bertz CT molecular complexity index is 1560. The number of aryl methyl sites for hydroxylation is 1. The number of carbonyl (C=O) groups is 3. The summed E-state index contributed by atoms with van der Waals surface area (Å²) in [5, 5.41) is 17.4. The van der Waals surface area contributed by atoms with Crippen molar-refractivity contribution >= 4 is 39.8 Å². The molecule has 0 spiro atoms. The molecular formula is C26H23FN3O7-. The van der Waals surface area contributed by atoms with Crippen molar-refractivity contribution in [3.05, 3.63) is 70.0 Å². The van der Waals surface area contributed by atoms with E-state index in [-0.39, 0.29) is 36.4 Å². The van der Waals surface area contributed by atoms with E-state index in [9.17, 15) is 28.7 Å². The van der Waals surface area contributed by atoms with E-state index in [1.807, 2.05) is 0 Å². The van der Waals surface area contributed by atoms with E-state index in [0.29, 0.717) is 27.5 Å². The lowest BCUT2D eigenvalue weighted by Gasteiger charge is -2.20. The fourth-order valence-electron chi connectivity index (χ4n) is 4.14. The van der Waals surface area contributed by atoms with E-state index in [0.717, 1.165) is 5.56 Å². The van der Waals surface area contributed by atoms with Crippen LogP contribution in [0, 0.1) is 12.7 Å². The number of furan rings is 1. The smallest absolute Gasteiger partial charge is 0.340 e. The number of carboxylic acid groups (broad SMARTS) is 1. The average molecular weight is 508 g/mol. The molecule has 2 aromatic carbocycles. The molecule has 0 aliphatic rings. The third-order valence-corrected chi connectivity index (χ3v) is 6.06. The van der Waals surface area contributed by atoms with Gasteiger partial charge in [-0.1, -0.05) is 12.1 Å². The first-order chi connectivity index (χ1) is 17.6. The van der Waals surface area contributed by atoms with Gasteiger partial charge in [-0.3, -0.25) is 4.79 Å². The summed E-state index contributed by atoms with van der Waals surface area (Å²) in [7, 11) is 0. The third kappa shape index (κ3) is 5.61. The van der Waals surface area contributed by atoms with Crippen molar-refractivity contribution in [2.45, 2.75) is 32.2 Å². The highest BCUT2D eigenvalue weighted by atomic mass is 19.1. The standard InChI is InChI=1S/C26H24FN3O7/c1-13-16-9-18-19(14-4-6-15(27)7-5-14)12-36-21(18)11-22(16)37-25(34)17(13)10-23(31)30-20(24(32)33)3-2-8-29-26(28)35/h4-7,9,11-12,20H,2-3,8,10H2,1H3,(H,30,31)(H,32,33)(H3,28,29,35)/p-1/t20-/m0/s1. The molecule has 0 bridgehead atoms. The largest absolute Gasteiger partial charge is 0.548 e. The first-order valence-electron chi connectivity index (χ1n) is 11.4. The highest BCUT2D eigenvalue weighted by molar-refractivity contribution is 6.02. The van der Waals surface area contributed by atoms with Gasteiger partial charge < -0.3 is 35.1 Å². The second-order valence-corrected chi connectivity index (χ2v) is 8.54. The molecule has 3 amide bonds. The minimum Gasteiger partial charge on any atom is -0.548 e. The Morgan fingerprint density at radius 3 is 2.51 bits per heavy atom. The summed E-state index contributed by atoms with van der Waals surface area (Å²) < 4.78 is 24.4. The zero-order valence-electron chi connectivity index (χ0n) is 19.8. The van der Waals surface area contributed by atoms with Crippen molar-refractivity contribution in [3.8, 4) is 11.1 Å². The number of nitrogens with two attached hydrogens (primary N) is 1. The summed E-state index contributed by atoms with van der Waals surface area (Å²) in [5.74, 6) is -2.57. The van der Waals surface area contributed by atoms with Crippen LogP contribution in [0.1, 0.15) is 24.0 Å². The SMILES string of the molecule is Cc1c(CC(=O)N[C@@H](CCCNC(N)=O)C(=O)[O-])c(=O)oc2cc3occ(-c4ccc(F)cc4)c3cc12. The molecule has 0 saturated heterocycles. The summed E-state index contributed by atoms with van der Waals surface area (Å²) in [6, 6.07) is 7.19. The fourth-order valence-corrected chi connectivity index (χ4v) is 4.14. The number of carbonyl (C=O) groups excluding carboxylic acids is 3. The summed E-state index contributed by atoms with van der Waals surface area (Å²) in [5.41, 5.74) is 6.95. The summed E-state index contributed by atoms with van der Waals surface area (Å²) in [6.07, 6.45) is 1.33. The number of rotatable bonds is 9. The number of aliphatic carboxylic acids is 1. The summed E-state index contributed by atoms with van der Waals surface area (Å²) in [4.78, 5) is 47.5. The molecule has 0 aliphatic heterocycles. The van der Waals surface area contributed by atoms with Gasteiger partial charge in [-0.2, -0.15) is 0 Å². The zero-order chi connectivity index (χ0) is 26.7. The number of halogens is 1. The molecule has 4 N–H and O–H groups in total. The van der Waals surface area contributed by atoms with Crippen LogP contribution in [0.4, 0.5) is 9.18 Å². The highest BCUT2D eigenvalue weighted by Gasteiger charge is 2.20. The van der Waals surface area contributed by atoms with Crippen LogP contribution in [0.3, 0.4) is 0 Å². The molecule has 1 atom stereocenters. The van der Waals surface area contributed by atoms with Gasteiger partial charge in [0, 0.05) is 28.9 Å². The Kier molecular flexibility index (Phi) is 7.23. The highest BCUT2D eigenvalue weighted by Crippen LogP contribution is 2.34. The van der Waals surface area contributed by atoms with Crippen molar-refractivity contribution in [1.29, 1.82) is 0 Å². The lowest BCUT2D eigenvalue weighted by atomic mass is 9.99. The number of hydrogen-bond donors (Lipinski definition) is 3. The van der Waals surface area contributed by atoms with E-state index in [1.165, 1.54) is 18.4 Å². The molecule has 11 heteroatoms. The minimum absolute atomic E-state index is 0.00963. The average Bonchev–Trinajstić information content (AvgIpc) is 3.25. The number of fused-ring (bicyclic) bond motifs is 2. The van der Waals surface area contributed by atoms with Gasteiger partial charge in [0.1, 0.15) is 17.0 Å². The number of primary amides is 1. The molecule has 4 rings (SSSR count). The molecule has 4 aromatic rings. The lowest BCUT2D eigenvalue weighted by molar-refractivity contribution is -0.308. The quantitative estimate of drug-likeness (QED) is 0.229. The van der Waals surface area contributed by atoms with Gasteiger partial charge in [-0.05, 0) is 49.1 Å². The third-order valence-electron chi connectivity index (χ3n) is 6.06. The number of benzene rings is 2. The summed E-state index contributed by atoms with van der Waals surface area (Å²) in [6.45, 7) is 1.79. The first-order valence-corrected chi connectivity index (χ1v) is 11.4. The number of nitrogens with one attached hydrogen (secondary N) is 2. The zero-order valence-corrected chi connectivity index (χ0v) is 19.8. The van der Waals surface area contributed by atoms with Crippen molar-refractivity contribution in [2.24, 2.45) is 5.73 Å². The van der Waals surface area contributed by atoms with Crippen LogP contribution in [-0.2, 0) is 16.0 Å². The van der Waals surface area contributed by atoms with Crippen molar-refractivity contribution in [1.82, 2.24) is 10.6 Å². The topological polar surface area (TPSA) is 168 Å². The maximum absolute atomic E-state index is 13.4. The van der Waals surface area contributed by atoms with Crippen LogP contribution in [0.2, 0.25) is 0 Å². The van der Waals surface area contributed by atoms with Crippen LogP contribution in [-0.4, -0.2) is 30.5 Å². The molecule has 192 valence electrons. The van der Waals surface area contributed by atoms with Crippen molar-refractivity contribution in [2.75, 3.05) is 6.54 Å². The summed E-state index contributed by atoms with van der Waals surface area (Å²) >= 11 is 0. The van der Waals surface area contributed by atoms with Crippen LogP contribution >= 0.6 is 0 Å². The minimum atomic E-state index is -1.50. The van der Waals surface area contributed by atoms with E-state index < -0.39 is 36.0 Å².